The fourth-order valence-electron chi connectivity index (χ4n) is 0.832. The van der Waals surface area contributed by atoms with Gasteiger partial charge in [-0.1, -0.05) is 49.6 Å². The van der Waals surface area contributed by atoms with Crippen molar-refractivity contribution in [1.82, 2.24) is 0 Å². The van der Waals surface area contributed by atoms with Crippen LogP contribution < -0.4 is 0 Å². The first kappa shape index (κ1) is 15.4. The van der Waals surface area contributed by atoms with Crippen molar-refractivity contribution >= 4 is 18.0 Å². The van der Waals surface area contributed by atoms with E-state index in [2.05, 4.69) is 13.2 Å². The Hall–Kier alpha value is -2.62. The maximum atomic E-state index is 10.4. The van der Waals surface area contributed by atoms with Crippen molar-refractivity contribution in [2.75, 3.05) is 0 Å². The van der Waals surface area contributed by atoms with E-state index in [4.69, 9.17) is 10.2 Å². The summed E-state index contributed by atoms with van der Waals surface area (Å²) in [5.41, 5.74) is 1.05. The molecule has 4 nitrogen and oxygen atoms in total. The molecular formula is C14H14O4. The highest BCUT2D eigenvalue weighted by Crippen LogP contribution is 2.03. The Labute approximate surface area is 105 Å². The van der Waals surface area contributed by atoms with Crippen molar-refractivity contribution in [2.45, 2.75) is 0 Å². The number of carboxylic acids is 2. The zero-order valence-electron chi connectivity index (χ0n) is 9.74. The minimum Gasteiger partial charge on any atom is -0.478 e. The molecule has 4 heteroatoms. The Kier molecular flexibility index (Phi) is 7.28. The average molecular weight is 246 g/mol. The summed E-state index contributed by atoms with van der Waals surface area (Å²) in [6.45, 7) is 6.34. The van der Waals surface area contributed by atoms with Crippen molar-refractivity contribution in [3.05, 3.63) is 66.8 Å². The maximum absolute atomic E-state index is 10.4. The van der Waals surface area contributed by atoms with Gasteiger partial charge in [0, 0.05) is 6.08 Å². The summed E-state index contributed by atoms with van der Waals surface area (Å²) in [5, 5.41) is 16.1. The Bertz CT molecular complexity index is 458. The second-order valence-electron chi connectivity index (χ2n) is 3.12. The van der Waals surface area contributed by atoms with Crippen molar-refractivity contribution in [3.63, 3.8) is 0 Å². The van der Waals surface area contributed by atoms with Crippen molar-refractivity contribution in [3.8, 4) is 0 Å². The molecule has 1 aromatic rings. The van der Waals surface area contributed by atoms with E-state index < -0.39 is 11.9 Å². The number of carboxylic acid groups (broad SMARTS) is 2. The Morgan fingerprint density at radius 2 is 1.61 bits per heavy atom. The van der Waals surface area contributed by atoms with E-state index >= 15 is 0 Å². The van der Waals surface area contributed by atoms with Crippen molar-refractivity contribution in [2.24, 2.45) is 0 Å². The number of hydrogen-bond acceptors (Lipinski definition) is 2. The predicted octanol–water partition coefficient (Wildman–Crippen LogP) is 2.60. The van der Waals surface area contributed by atoms with Gasteiger partial charge in [-0.15, -0.1) is 0 Å². The van der Waals surface area contributed by atoms with E-state index in [9.17, 15) is 9.59 Å². The molecule has 94 valence electrons. The molecular weight excluding hydrogens is 232 g/mol. The van der Waals surface area contributed by atoms with E-state index in [1.165, 1.54) is 6.08 Å². The van der Waals surface area contributed by atoms with Gasteiger partial charge < -0.3 is 10.2 Å². The molecule has 18 heavy (non-hydrogen) atoms. The molecule has 0 saturated heterocycles. The van der Waals surface area contributed by atoms with Crippen LogP contribution in [0.3, 0.4) is 0 Å². The van der Waals surface area contributed by atoms with E-state index in [1.54, 1.807) is 6.08 Å². The molecule has 0 aliphatic rings. The summed E-state index contributed by atoms with van der Waals surface area (Å²) in [6.07, 6.45) is 4.04. The second kappa shape index (κ2) is 8.52. The lowest BCUT2D eigenvalue weighted by Crippen LogP contribution is -1.94. The van der Waals surface area contributed by atoms with Gasteiger partial charge >= 0.3 is 11.9 Å². The first-order valence-electron chi connectivity index (χ1n) is 4.98. The maximum Gasteiger partial charge on any atom is 0.335 e. The normalized spacial score (nSPS) is 9.11. The van der Waals surface area contributed by atoms with Crippen molar-refractivity contribution in [1.29, 1.82) is 0 Å². The minimum atomic E-state index is -0.993. The SMILES string of the molecule is C=C(C=Cc1ccccc1)C(=O)O.C=CC(=O)O. The number of aliphatic carboxylic acids is 2. The lowest BCUT2D eigenvalue weighted by atomic mass is 10.2. The number of rotatable bonds is 4. The molecule has 0 saturated carbocycles. The largest absolute Gasteiger partial charge is 0.478 e. The average Bonchev–Trinajstić information content (AvgIpc) is 2.37. The van der Waals surface area contributed by atoms with Crippen LogP contribution in [0.1, 0.15) is 5.56 Å². The Morgan fingerprint density at radius 1 is 1.11 bits per heavy atom. The quantitative estimate of drug-likeness (QED) is 0.632. The third-order valence-corrected chi connectivity index (χ3v) is 1.73. The Morgan fingerprint density at radius 3 is 2.00 bits per heavy atom. The van der Waals surface area contributed by atoms with Gasteiger partial charge in [-0.25, -0.2) is 9.59 Å². The van der Waals surface area contributed by atoms with Crippen LogP contribution in [0.5, 0.6) is 0 Å². The van der Waals surface area contributed by atoms with Crippen LogP contribution in [-0.4, -0.2) is 22.2 Å². The summed E-state index contributed by atoms with van der Waals surface area (Å²) >= 11 is 0. The highest BCUT2D eigenvalue weighted by Gasteiger charge is 1.96. The molecule has 1 rings (SSSR count). The fourth-order valence-corrected chi connectivity index (χ4v) is 0.832. The third-order valence-electron chi connectivity index (χ3n) is 1.73. The van der Waals surface area contributed by atoms with Crippen LogP contribution >= 0.6 is 0 Å². The highest BCUT2D eigenvalue weighted by atomic mass is 16.4. The van der Waals surface area contributed by atoms with Gasteiger partial charge in [0.25, 0.3) is 0 Å². The number of hydrogen-bond donors (Lipinski definition) is 2. The summed E-state index contributed by atoms with van der Waals surface area (Å²) in [7, 11) is 0. The molecule has 0 amide bonds. The standard InChI is InChI=1S/C11H10O2.C3H4O2/c1-9(11(12)13)7-8-10-5-3-2-4-6-10;1-2-3(4)5/h2-8H,1H2,(H,12,13);2H,1H2,(H,4,5). The molecule has 0 aliphatic heterocycles. The van der Waals surface area contributed by atoms with E-state index in [0.717, 1.165) is 11.6 Å². The van der Waals surface area contributed by atoms with Crippen molar-refractivity contribution < 1.29 is 19.8 Å². The van der Waals surface area contributed by atoms with E-state index in [1.807, 2.05) is 30.3 Å². The molecule has 0 fully saturated rings. The van der Waals surface area contributed by atoms with E-state index in [-0.39, 0.29) is 5.57 Å². The summed E-state index contributed by atoms with van der Waals surface area (Å²) in [6, 6.07) is 9.48. The monoisotopic (exact) mass is 246 g/mol. The van der Waals surface area contributed by atoms with Gasteiger partial charge in [0.05, 0.1) is 5.57 Å². The van der Waals surface area contributed by atoms with Gasteiger partial charge in [0.15, 0.2) is 0 Å². The topological polar surface area (TPSA) is 74.6 Å². The lowest BCUT2D eigenvalue weighted by molar-refractivity contribution is -0.132. The predicted molar refractivity (Wildman–Crippen MR) is 70.1 cm³/mol. The third kappa shape index (κ3) is 7.64. The van der Waals surface area contributed by atoms with Crippen LogP contribution in [0.2, 0.25) is 0 Å². The van der Waals surface area contributed by atoms with Gasteiger partial charge in [-0.2, -0.15) is 0 Å². The highest BCUT2D eigenvalue weighted by molar-refractivity contribution is 5.90. The minimum absolute atomic E-state index is 0.0869. The smallest absolute Gasteiger partial charge is 0.335 e. The van der Waals surface area contributed by atoms with Crippen LogP contribution in [0.25, 0.3) is 6.08 Å². The molecule has 0 atom stereocenters. The first-order valence-corrected chi connectivity index (χ1v) is 4.98. The molecule has 0 aliphatic carbocycles. The van der Waals surface area contributed by atoms with Crippen LogP contribution in [-0.2, 0) is 9.59 Å². The van der Waals surface area contributed by atoms with Gasteiger partial charge in [0.1, 0.15) is 0 Å². The molecule has 0 bridgehead atoms. The summed E-state index contributed by atoms with van der Waals surface area (Å²) in [4.78, 5) is 19.6. The zero-order valence-corrected chi connectivity index (χ0v) is 9.74. The number of benzene rings is 1. The second-order valence-corrected chi connectivity index (χ2v) is 3.12. The fraction of sp³-hybridized carbons (Fsp3) is 0. The molecule has 0 aromatic heterocycles. The molecule has 1 aromatic carbocycles. The van der Waals surface area contributed by atoms with Gasteiger partial charge in [-0.05, 0) is 11.6 Å². The van der Waals surface area contributed by atoms with Gasteiger partial charge in [0.2, 0.25) is 0 Å². The zero-order chi connectivity index (χ0) is 14.0. The summed E-state index contributed by atoms with van der Waals surface area (Å²) in [5.74, 6) is -1.97. The summed E-state index contributed by atoms with van der Waals surface area (Å²) < 4.78 is 0. The first-order chi connectivity index (χ1) is 8.47. The molecule has 0 radical (unpaired) electrons. The van der Waals surface area contributed by atoms with Gasteiger partial charge in [-0.3, -0.25) is 0 Å². The lowest BCUT2D eigenvalue weighted by Gasteiger charge is -1.91. The van der Waals surface area contributed by atoms with Crippen LogP contribution in [0.4, 0.5) is 0 Å². The van der Waals surface area contributed by atoms with Crippen LogP contribution in [0.15, 0.2) is 61.2 Å². The molecule has 0 unspecified atom stereocenters. The van der Waals surface area contributed by atoms with E-state index in [0.29, 0.717) is 0 Å². The molecule has 2 N–H and O–H groups in total. The number of carbonyl (C=O) groups is 2. The molecule has 0 spiro atoms. The Balaban J connectivity index is 0.000000494. The van der Waals surface area contributed by atoms with Crippen LogP contribution in [0, 0.1) is 0 Å². The molecule has 0 heterocycles.